The van der Waals surface area contributed by atoms with E-state index in [-0.39, 0.29) is 16.8 Å². The number of sulfone groups is 1. The number of rotatable bonds is 6. The topological polar surface area (TPSA) is 109 Å². The predicted octanol–water partition coefficient (Wildman–Crippen LogP) is 1.95. The summed E-state index contributed by atoms with van der Waals surface area (Å²) in [5, 5.41) is 2.81. The first kappa shape index (κ1) is 19.9. The number of benzene rings is 2. The van der Waals surface area contributed by atoms with Crippen LogP contribution in [0.2, 0.25) is 0 Å². The van der Waals surface area contributed by atoms with Crippen LogP contribution in [0.25, 0.3) is 0 Å². The Morgan fingerprint density at radius 1 is 0.885 bits per heavy atom. The number of carbonyl (C=O) groups is 1. The lowest BCUT2D eigenvalue weighted by Gasteiger charge is -2.15. The second-order valence-corrected chi connectivity index (χ2v) is 9.75. The van der Waals surface area contributed by atoms with Gasteiger partial charge in [-0.15, -0.1) is 0 Å². The number of carbonyl (C=O) groups excluding carboxylic acids is 1. The maximum atomic E-state index is 12.3. The molecule has 0 aliphatic carbocycles. The summed E-state index contributed by atoms with van der Waals surface area (Å²) in [6.07, 6.45) is 2.18. The van der Waals surface area contributed by atoms with Crippen molar-refractivity contribution in [3.63, 3.8) is 0 Å². The molecule has 7 nitrogen and oxygen atoms in total. The van der Waals surface area contributed by atoms with E-state index in [1.807, 2.05) is 0 Å². The van der Waals surface area contributed by atoms with Crippen molar-refractivity contribution in [3.8, 4) is 0 Å². The zero-order valence-corrected chi connectivity index (χ0v) is 16.2. The summed E-state index contributed by atoms with van der Waals surface area (Å²) in [7, 11) is -6.64. The molecule has 2 aromatic carbocycles. The van der Waals surface area contributed by atoms with Crippen LogP contribution < -0.4 is 10.0 Å². The molecule has 2 aromatic rings. The fraction of sp³-hybridized carbons (Fsp3) is 0.235. The second kappa shape index (κ2) is 7.46. The van der Waals surface area contributed by atoms with Crippen LogP contribution in [-0.2, 0) is 19.9 Å². The van der Waals surface area contributed by atoms with Gasteiger partial charge in [-0.2, -0.15) is 0 Å². The standard InChI is InChI=1S/C17H20N2O5S2/c1-12(13-6-10-16(11-7-13)25(2,21)22)18-17(20)14-4-8-15(9-5-14)19-26(3,23)24/h4-12,19H,1-3H3,(H,18,20)/t12-/m1/s1. The van der Waals surface area contributed by atoms with Crippen LogP contribution in [0.1, 0.15) is 28.9 Å². The average molecular weight is 396 g/mol. The molecular formula is C17H20N2O5S2. The number of sulfonamides is 1. The Labute approximate surface area is 153 Å². The van der Waals surface area contributed by atoms with Crippen LogP contribution in [-0.4, -0.2) is 35.3 Å². The third-order valence-electron chi connectivity index (χ3n) is 3.61. The summed E-state index contributed by atoms with van der Waals surface area (Å²) in [5.41, 5.74) is 1.51. The van der Waals surface area contributed by atoms with E-state index < -0.39 is 19.9 Å². The number of nitrogens with one attached hydrogen (secondary N) is 2. The Kier molecular flexibility index (Phi) is 5.72. The lowest BCUT2D eigenvalue weighted by Crippen LogP contribution is -2.26. The van der Waals surface area contributed by atoms with E-state index in [1.54, 1.807) is 19.1 Å². The molecule has 0 spiro atoms. The number of anilines is 1. The Bertz CT molecular complexity index is 996. The molecule has 9 heteroatoms. The first-order valence-electron chi connectivity index (χ1n) is 7.64. The quantitative estimate of drug-likeness (QED) is 0.776. The normalized spacial score (nSPS) is 13.0. The van der Waals surface area contributed by atoms with Gasteiger partial charge < -0.3 is 5.32 Å². The molecule has 0 fully saturated rings. The third-order valence-corrected chi connectivity index (χ3v) is 5.34. The number of amides is 1. The number of hydrogen-bond acceptors (Lipinski definition) is 5. The summed E-state index contributed by atoms with van der Waals surface area (Å²) in [4.78, 5) is 12.5. The molecule has 0 unspecified atom stereocenters. The van der Waals surface area contributed by atoms with Crippen LogP contribution in [0, 0.1) is 0 Å². The zero-order valence-electron chi connectivity index (χ0n) is 14.6. The Balaban J connectivity index is 2.07. The Hall–Kier alpha value is -2.39. The third kappa shape index (κ3) is 5.57. The van der Waals surface area contributed by atoms with Crippen LogP contribution >= 0.6 is 0 Å². The van der Waals surface area contributed by atoms with Gasteiger partial charge in [0.1, 0.15) is 0 Å². The van der Waals surface area contributed by atoms with Crippen molar-refractivity contribution in [1.82, 2.24) is 5.32 Å². The molecule has 0 heterocycles. The van der Waals surface area contributed by atoms with Gasteiger partial charge >= 0.3 is 0 Å². The first-order valence-corrected chi connectivity index (χ1v) is 11.4. The van der Waals surface area contributed by atoms with E-state index in [4.69, 9.17) is 0 Å². The lowest BCUT2D eigenvalue weighted by atomic mass is 10.1. The predicted molar refractivity (Wildman–Crippen MR) is 100 cm³/mol. The second-order valence-electron chi connectivity index (χ2n) is 5.99. The van der Waals surface area contributed by atoms with Gasteiger partial charge in [0.25, 0.3) is 5.91 Å². The highest BCUT2D eigenvalue weighted by Crippen LogP contribution is 2.17. The smallest absolute Gasteiger partial charge is 0.251 e. The van der Waals surface area contributed by atoms with E-state index in [1.165, 1.54) is 36.4 Å². The molecule has 140 valence electrons. The van der Waals surface area contributed by atoms with Crippen LogP contribution in [0.5, 0.6) is 0 Å². The SMILES string of the molecule is C[C@@H](NC(=O)c1ccc(NS(C)(=O)=O)cc1)c1ccc(S(C)(=O)=O)cc1. The van der Waals surface area contributed by atoms with E-state index in [0.717, 1.165) is 18.1 Å². The monoisotopic (exact) mass is 396 g/mol. The maximum Gasteiger partial charge on any atom is 0.251 e. The van der Waals surface area contributed by atoms with E-state index in [9.17, 15) is 21.6 Å². The first-order chi connectivity index (χ1) is 12.0. The van der Waals surface area contributed by atoms with E-state index >= 15 is 0 Å². The van der Waals surface area contributed by atoms with Crippen molar-refractivity contribution in [2.45, 2.75) is 17.9 Å². The fourth-order valence-corrected chi connectivity index (χ4v) is 3.47. The van der Waals surface area contributed by atoms with E-state index in [2.05, 4.69) is 10.0 Å². The highest BCUT2D eigenvalue weighted by Gasteiger charge is 2.13. The summed E-state index contributed by atoms with van der Waals surface area (Å²) in [6.45, 7) is 1.78. The van der Waals surface area contributed by atoms with Gasteiger partial charge in [0.2, 0.25) is 10.0 Å². The summed E-state index contributed by atoms with van der Waals surface area (Å²) < 4.78 is 47.6. The van der Waals surface area contributed by atoms with Gasteiger partial charge in [0.05, 0.1) is 17.2 Å². The summed E-state index contributed by atoms with van der Waals surface area (Å²) in [5.74, 6) is -0.324. The van der Waals surface area contributed by atoms with Gasteiger partial charge in [0.15, 0.2) is 9.84 Å². The van der Waals surface area contributed by atoms with Gasteiger partial charge in [-0.25, -0.2) is 16.8 Å². The highest BCUT2D eigenvalue weighted by molar-refractivity contribution is 7.92. The molecule has 1 atom stereocenters. The molecular weight excluding hydrogens is 376 g/mol. The van der Waals surface area contributed by atoms with Gasteiger partial charge in [0, 0.05) is 17.5 Å². The summed E-state index contributed by atoms with van der Waals surface area (Å²) in [6, 6.07) is 12.0. The molecule has 0 aliphatic rings. The molecule has 0 aliphatic heterocycles. The minimum absolute atomic E-state index is 0.216. The van der Waals surface area contributed by atoms with Crippen molar-refractivity contribution in [2.24, 2.45) is 0 Å². The van der Waals surface area contributed by atoms with Crippen LogP contribution in [0.4, 0.5) is 5.69 Å². The minimum atomic E-state index is -3.37. The molecule has 1 amide bonds. The minimum Gasteiger partial charge on any atom is -0.346 e. The van der Waals surface area contributed by atoms with Gasteiger partial charge in [-0.05, 0) is 48.9 Å². The zero-order chi connectivity index (χ0) is 19.5. The van der Waals surface area contributed by atoms with E-state index in [0.29, 0.717) is 11.3 Å². The van der Waals surface area contributed by atoms with Crippen molar-refractivity contribution < 1.29 is 21.6 Å². The van der Waals surface area contributed by atoms with Crippen LogP contribution in [0.3, 0.4) is 0 Å². The molecule has 0 saturated heterocycles. The largest absolute Gasteiger partial charge is 0.346 e. The molecule has 0 bridgehead atoms. The van der Waals surface area contributed by atoms with Crippen molar-refractivity contribution >= 4 is 31.5 Å². The molecule has 2 rings (SSSR count). The van der Waals surface area contributed by atoms with Crippen molar-refractivity contribution in [1.29, 1.82) is 0 Å². The molecule has 0 aromatic heterocycles. The number of hydrogen-bond donors (Lipinski definition) is 2. The lowest BCUT2D eigenvalue weighted by molar-refractivity contribution is 0.0940. The van der Waals surface area contributed by atoms with Crippen molar-refractivity contribution in [3.05, 3.63) is 59.7 Å². The fourth-order valence-electron chi connectivity index (χ4n) is 2.27. The Morgan fingerprint density at radius 2 is 1.42 bits per heavy atom. The van der Waals surface area contributed by atoms with Gasteiger partial charge in [-0.1, -0.05) is 12.1 Å². The average Bonchev–Trinajstić information content (AvgIpc) is 2.53. The molecule has 2 N–H and O–H groups in total. The van der Waals surface area contributed by atoms with Gasteiger partial charge in [-0.3, -0.25) is 9.52 Å². The molecule has 0 radical (unpaired) electrons. The van der Waals surface area contributed by atoms with Crippen molar-refractivity contribution in [2.75, 3.05) is 17.2 Å². The highest BCUT2D eigenvalue weighted by atomic mass is 32.2. The van der Waals surface area contributed by atoms with Crippen LogP contribution in [0.15, 0.2) is 53.4 Å². The maximum absolute atomic E-state index is 12.3. The Morgan fingerprint density at radius 3 is 1.88 bits per heavy atom. The molecule has 26 heavy (non-hydrogen) atoms. The summed E-state index contributed by atoms with van der Waals surface area (Å²) >= 11 is 0. The molecule has 0 saturated carbocycles.